The first kappa shape index (κ1) is 13.8. The number of anilines is 1. The third kappa shape index (κ3) is 3.69. The van der Waals surface area contributed by atoms with Crippen molar-refractivity contribution >= 4 is 11.7 Å². The molecule has 4 nitrogen and oxygen atoms in total. The molecule has 1 fully saturated rings. The summed E-state index contributed by atoms with van der Waals surface area (Å²) in [6.07, 6.45) is 8.83. The first-order chi connectivity index (χ1) is 9.20. The van der Waals surface area contributed by atoms with E-state index in [0.29, 0.717) is 11.7 Å². The molecule has 104 valence electrons. The Kier molecular flexibility index (Phi) is 4.77. The molecule has 0 atom stereocenters. The quantitative estimate of drug-likeness (QED) is 0.851. The number of hydrogen-bond donors (Lipinski definition) is 2. The van der Waals surface area contributed by atoms with Crippen LogP contribution in [0.4, 0.5) is 5.69 Å². The highest BCUT2D eigenvalue weighted by atomic mass is 16.4. The van der Waals surface area contributed by atoms with Crippen molar-refractivity contribution in [3.8, 4) is 0 Å². The molecule has 1 aromatic heterocycles. The second-order valence-electron chi connectivity index (χ2n) is 5.36. The third-order valence-electron chi connectivity index (χ3n) is 3.91. The van der Waals surface area contributed by atoms with Crippen molar-refractivity contribution in [2.24, 2.45) is 5.92 Å². The van der Waals surface area contributed by atoms with Crippen LogP contribution in [0.1, 0.15) is 55.9 Å². The summed E-state index contributed by atoms with van der Waals surface area (Å²) < 4.78 is 0. The fourth-order valence-electron chi connectivity index (χ4n) is 2.92. The van der Waals surface area contributed by atoms with Crippen LogP contribution in [0.15, 0.2) is 18.3 Å². The van der Waals surface area contributed by atoms with Gasteiger partial charge in [-0.3, -0.25) is 0 Å². The molecule has 0 aromatic carbocycles. The minimum absolute atomic E-state index is 0.123. The molecule has 1 saturated carbocycles. The minimum atomic E-state index is -0.970. The summed E-state index contributed by atoms with van der Waals surface area (Å²) in [5.41, 5.74) is 0.770. The van der Waals surface area contributed by atoms with E-state index in [1.54, 1.807) is 12.1 Å². The summed E-state index contributed by atoms with van der Waals surface area (Å²) in [5.74, 6) is -0.112. The lowest BCUT2D eigenvalue weighted by Gasteiger charge is -2.29. The SMILES string of the molecule is CCCC1CCC(Nc2cccnc2C(=O)O)CC1. The topological polar surface area (TPSA) is 62.2 Å². The molecule has 0 unspecified atom stereocenters. The van der Waals surface area contributed by atoms with Crippen LogP contribution in [0, 0.1) is 5.92 Å². The van der Waals surface area contributed by atoms with Crippen LogP contribution in [-0.4, -0.2) is 22.1 Å². The first-order valence-electron chi connectivity index (χ1n) is 7.15. The summed E-state index contributed by atoms with van der Waals surface area (Å²) in [4.78, 5) is 15.0. The zero-order chi connectivity index (χ0) is 13.7. The molecule has 1 aliphatic rings. The highest BCUT2D eigenvalue weighted by Crippen LogP contribution is 2.29. The van der Waals surface area contributed by atoms with Gasteiger partial charge < -0.3 is 10.4 Å². The monoisotopic (exact) mass is 262 g/mol. The molecule has 0 saturated heterocycles. The second-order valence-corrected chi connectivity index (χ2v) is 5.36. The molecule has 1 heterocycles. The highest BCUT2D eigenvalue weighted by Gasteiger charge is 2.22. The van der Waals surface area contributed by atoms with Crippen molar-refractivity contribution in [2.75, 3.05) is 5.32 Å². The molecular weight excluding hydrogens is 240 g/mol. The average molecular weight is 262 g/mol. The standard InChI is InChI=1S/C15H22N2O2/c1-2-4-11-6-8-12(9-7-11)17-13-5-3-10-16-14(13)15(18)19/h3,5,10-12,17H,2,4,6-9H2,1H3,(H,18,19). The molecule has 2 N–H and O–H groups in total. The summed E-state index contributed by atoms with van der Waals surface area (Å²) in [6.45, 7) is 2.24. The number of carboxylic acid groups (broad SMARTS) is 1. The number of pyridine rings is 1. The Morgan fingerprint density at radius 1 is 1.42 bits per heavy atom. The maximum atomic E-state index is 11.1. The van der Waals surface area contributed by atoms with Crippen molar-refractivity contribution in [1.29, 1.82) is 0 Å². The van der Waals surface area contributed by atoms with E-state index < -0.39 is 5.97 Å². The van der Waals surface area contributed by atoms with Gasteiger partial charge in [-0.2, -0.15) is 0 Å². The van der Waals surface area contributed by atoms with Gasteiger partial charge in [0.2, 0.25) is 0 Å². The number of hydrogen-bond acceptors (Lipinski definition) is 3. The van der Waals surface area contributed by atoms with Gasteiger partial charge >= 0.3 is 5.97 Å². The van der Waals surface area contributed by atoms with Crippen LogP contribution in [0.3, 0.4) is 0 Å². The highest BCUT2D eigenvalue weighted by molar-refractivity contribution is 5.91. The number of carboxylic acids is 1. The lowest BCUT2D eigenvalue weighted by Crippen LogP contribution is -2.27. The van der Waals surface area contributed by atoms with Gasteiger partial charge in [0, 0.05) is 12.2 Å². The lowest BCUT2D eigenvalue weighted by molar-refractivity contribution is 0.0691. The summed E-state index contributed by atoms with van der Waals surface area (Å²) in [7, 11) is 0. The average Bonchev–Trinajstić information content (AvgIpc) is 2.42. The predicted octanol–water partition coefficient (Wildman–Crippen LogP) is 3.55. The number of carbonyl (C=O) groups is 1. The Balaban J connectivity index is 1.94. The first-order valence-corrected chi connectivity index (χ1v) is 7.15. The molecule has 0 bridgehead atoms. The van der Waals surface area contributed by atoms with Crippen LogP contribution in [-0.2, 0) is 0 Å². The van der Waals surface area contributed by atoms with E-state index in [1.165, 1.54) is 31.9 Å². The largest absolute Gasteiger partial charge is 0.476 e. The molecule has 0 amide bonds. The number of aromatic carboxylic acids is 1. The van der Waals surface area contributed by atoms with Gasteiger partial charge in [0.15, 0.2) is 5.69 Å². The molecule has 4 heteroatoms. The van der Waals surface area contributed by atoms with E-state index >= 15 is 0 Å². The van der Waals surface area contributed by atoms with Gasteiger partial charge in [0.05, 0.1) is 5.69 Å². The Morgan fingerprint density at radius 2 is 2.16 bits per heavy atom. The van der Waals surface area contributed by atoms with Crippen molar-refractivity contribution in [1.82, 2.24) is 4.98 Å². The number of rotatable bonds is 5. The van der Waals surface area contributed by atoms with Crippen molar-refractivity contribution < 1.29 is 9.90 Å². The van der Waals surface area contributed by atoms with Crippen LogP contribution >= 0.6 is 0 Å². The molecule has 0 radical (unpaired) electrons. The maximum Gasteiger partial charge on any atom is 0.356 e. The van der Waals surface area contributed by atoms with Gasteiger partial charge in [-0.25, -0.2) is 9.78 Å². The Bertz CT molecular complexity index is 426. The lowest BCUT2D eigenvalue weighted by atomic mass is 9.83. The Hall–Kier alpha value is -1.58. The molecule has 1 aromatic rings. The maximum absolute atomic E-state index is 11.1. The van der Waals surface area contributed by atoms with E-state index in [2.05, 4.69) is 17.2 Å². The predicted molar refractivity (Wildman–Crippen MR) is 75.5 cm³/mol. The summed E-state index contributed by atoms with van der Waals surface area (Å²) in [5, 5.41) is 12.5. The zero-order valence-electron chi connectivity index (χ0n) is 11.4. The molecule has 0 spiro atoms. The Morgan fingerprint density at radius 3 is 2.79 bits per heavy atom. The Labute approximate surface area is 114 Å². The number of nitrogens with one attached hydrogen (secondary N) is 1. The van der Waals surface area contributed by atoms with Gasteiger partial charge in [-0.05, 0) is 43.7 Å². The second kappa shape index (κ2) is 6.55. The van der Waals surface area contributed by atoms with E-state index in [1.807, 2.05) is 0 Å². The van der Waals surface area contributed by atoms with Crippen LogP contribution in [0.2, 0.25) is 0 Å². The normalized spacial score (nSPS) is 23.0. The zero-order valence-corrected chi connectivity index (χ0v) is 11.4. The molecule has 1 aliphatic carbocycles. The van der Waals surface area contributed by atoms with E-state index in [0.717, 1.165) is 18.8 Å². The van der Waals surface area contributed by atoms with Gasteiger partial charge in [-0.1, -0.05) is 19.8 Å². The smallest absolute Gasteiger partial charge is 0.356 e. The molecule has 19 heavy (non-hydrogen) atoms. The number of aromatic nitrogens is 1. The van der Waals surface area contributed by atoms with Crippen LogP contribution < -0.4 is 5.32 Å². The summed E-state index contributed by atoms with van der Waals surface area (Å²) >= 11 is 0. The molecule has 0 aliphatic heterocycles. The van der Waals surface area contributed by atoms with E-state index in [-0.39, 0.29) is 5.69 Å². The fourth-order valence-corrected chi connectivity index (χ4v) is 2.92. The van der Waals surface area contributed by atoms with Gasteiger partial charge in [0.25, 0.3) is 0 Å². The van der Waals surface area contributed by atoms with E-state index in [4.69, 9.17) is 5.11 Å². The molecular formula is C15H22N2O2. The summed E-state index contributed by atoms with van der Waals surface area (Å²) in [6, 6.07) is 3.96. The van der Waals surface area contributed by atoms with Gasteiger partial charge in [-0.15, -0.1) is 0 Å². The van der Waals surface area contributed by atoms with E-state index in [9.17, 15) is 4.79 Å². The third-order valence-corrected chi connectivity index (χ3v) is 3.91. The van der Waals surface area contributed by atoms with Crippen LogP contribution in [0.5, 0.6) is 0 Å². The van der Waals surface area contributed by atoms with Gasteiger partial charge in [0.1, 0.15) is 0 Å². The molecule has 2 rings (SSSR count). The van der Waals surface area contributed by atoms with Crippen molar-refractivity contribution in [3.63, 3.8) is 0 Å². The number of nitrogens with zero attached hydrogens (tertiary/aromatic N) is 1. The minimum Gasteiger partial charge on any atom is -0.476 e. The fraction of sp³-hybridized carbons (Fsp3) is 0.600. The van der Waals surface area contributed by atoms with Crippen LogP contribution in [0.25, 0.3) is 0 Å². The van der Waals surface area contributed by atoms with Crippen molar-refractivity contribution in [2.45, 2.75) is 51.5 Å². The van der Waals surface area contributed by atoms with Crippen molar-refractivity contribution in [3.05, 3.63) is 24.0 Å².